The average Bonchev–Trinajstić information content (AvgIpc) is 2.94. The molecule has 1 aliphatic carbocycles. The number of anilines is 1. The van der Waals surface area contributed by atoms with Crippen molar-refractivity contribution in [3.63, 3.8) is 0 Å². The Kier molecular flexibility index (Phi) is 5.30. The quantitative estimate of drug-likeness (QED) is 0.862. The van der Waals surface area contributed by atoms with Crippen LogP contribution in [0.4, 0.5) is 18.9 Å². The molecule has 1 saturated heterocycles. The summed E-state index contributed by atoms with van der Waals surface area (Å²) in [5, 5.41) is 2.65. The third-order valence-corrected chi connectivity index (χ3v) is 7.09. The monoisotopic (exact) mass is 390 g/mol. The minimum Gasteiger partial charge on any atom is -0.326 e. The molecule has 1 N–H and O–H groups in total. The first kappa shape index (κ1) is 19.2. The van der Waals surface area contributed by atoms with Crippen LogP contribution >= 0.6 is 0 Å². The first-order valence-electron chi connectivity index (χ1n) is 8.64. The van der Waals surface area contributed by atoms with Crippen molar-refractivity contribution in [1.82, 2.24) is 4.31 Å². The first-order chi connectivity index (χ1) is 12.2. The van der Waals surface area contributed by atoms with Crippen LogP contribution in [0.3, 0.4) is 0 Å². The van der Waals surface area contributed by atoms with E-state index in [9.17, 15) is 26.4 Å². The van der Waals surface area contributed by atoms with Crippen LogP contribution in [0.25, 0.3) is 0 Å². The Morgan fingerprint density at radius 3 is 2.19 bits per heavy atom. The second-order valence-electron chi connectivity index (χ2n) is 6.85. The summed E-state index contributed by atoms with van der Waals surface area (Å²) in [5.74, 6) is -0.284. The molecule has 144 valence electrons. The van der Waals surface area contributed by atoms with E-state index in [1.165, 1.54) is 12.1 Å². The van der Waals surface area contributed by atoms with E-state index in [0.717, 1.165) is 12.1 Å². The molecule has 0 bridgehead atoms. The van der Waals surface area contributed by atoms with Crippen molar-refractivity contribution in [3.05, 3.63) is 29.8 Å². The van der Waals surface area contributed by atoms with Gasteiger partial charge in [0.2, 0.25) is 15.9 Å². The summed E-state index contributed by atoms with van der Waals surface area (Å²) in [6, 6.07) is 4.31. The van der Waals surface area contributed by atoms with Crippen LogP contribution in [0.1, 0.15) is 37.7 Å². The van der Waals surface area contributed by atoms with Crippen LogP contribution in [0.2, 0.25) is 0 Å². The highest BCUT2D eigenvalue weighted by molar-refractivity contribution is 7.89. The molecule has 2 aliphatic rings. The fourth-order valence-corrected chi connectivity index (χ4v) is 5.48. The van der Waals surface area contributed by atoms with Crippen LogP contribution in [0.5, 0.6) is 0 Å². The second kappa shape index (κ2) is 7.19. The van der Waals surface area contributed by atoms with Gasteiger partial charge < -0.3 is 5.32 Å². The average molecular weight is 390 g/mol. The van der Waals surface area contributed by atoms with Crippen molar-refractivity contribution in [2.45, 2.75) is 44.3 Å². The summed E-state index contributed by atoms with van der Waals surface area (Å²) in [4.78, 5) is 12.3. The van der Waals surface area contributed by atoms with Gasteiger partial charge in [-0.2, -0.15) is 17.5 Å². The maximum Gasteiger partial charge on any atom is 0.416 e. The van der Waals surface area contributed by atoms with E-state index < -0.39 is 21.8 Å². The Morgan fingerprint density at radius 1 is 1.08 bits per heavy atom. The summed E-state index contributed by atoms with van der Waals surface area (Å²) in [6.45, 7) is 0.551. The van der Waals surface area contributed by atoms with E-state index in [1.807, 2.05) is 0 Å². The lowest BCUT2D eigenvalue weighted by atomic mass is 9.85. The van der Waals surface area contributed by atoms with Gasteiger partial charge in [-0.1, -0.05) is 0 Å². The van der Waals surface area contributed by atoms with Crippen molar-refractivity contribution < 1.29 is 26.4 Å². The molecule has 1 amide bonds. The van der Waals surface area contributed by atoms with Gasteiger partial charge in [-0.25, -0.2) is 8.42 Å². The minimum atomic E-state index is -4.41. The summed E-state index contributed by atoms with van der Waals surface area (Å²) in [5.41, 5.74) is -0.435. The zero-order valence-electron chi connectivity index (χ0n) is 14.1. The third kappa shape index (κ3) is 4.20. The van der Waals surface area contributed by atoms with Crippen LogP contribution in [-0.4, -0.2) is 37.0 Å². The minimum absolute atomic E-state index is 0.0439. The van der Waals surface area contributed by atoms with Gasteiger partial charge in [0.25, 0.3) is 0 Å². The van der Waals surface area contributed by atoms with Gasteiger partial charge in [0, 0.05) is 24.2 Å². The lowest BCUT2D eigenvalue weighted by molar-refractivity contribution is -0.137. The van der Waals surface area contributed by atoms with Crippen molar-refractivity contribution in [1.29, 1.82) is 0 Å². The Bertz CT molecular complexity index is 754. The summed E-state index contributed by atoms with van der Waals surface area (Å²) in [6.07, 6.45) is -1.35. The van der Waals surface area contributed by atoms with Crippen molar-refractivity contribution in [2.75, 3.05) is 17.6 Å². The van der Waals surface area contributed by atoms with E-state index >= 15 is 0 Å². The Balaban J connectivity index is 1.54. The molecule has 0 radical (unpaired) electrons. The lowest BCUT2D eigenvalue weighted by Crippen LogP contribution is -2.40. The molecule has 2 fully saturated rings. The van der Waals surface area contributed by atoms with Crippen LogP contribution in [0, 0.1) is 5.92 Å². The van der Waals surface area contributed by atoms with Gasteiger partial charge in [0.05, 0.1) is 11.3 Å². The molecule has 1 heterocycles. The predicted octanol–water partition coefficient (Wildman–Crippen LogP) is 3.24. The highest BCUT2D eigenvalue weighted by atomic mass is 32.2. The van der Waals surface area contributed by atoms with E-state index in [1.54, 1.807) is 4.31 Å². The molecule has 0 unspecified atom stereocenters. The number of benzene rings is 1. The number of hydrogen-bond acceptors (Lipinski definition) is 3. The van der Waals surface area contributed by atoms with E-state index in [2.05, 4.69) is 5.32 Å². The zero-order valence-corrected chi connectivity index (χ0v) is 14.9. The van der Waals surface area contributed by atoms with Crippen molar-refractivity contribution in [3.8, 4) is 0 Å². The SMILES string of the molecule is O=C(Nc1ccc(C(F)(F)F)cc1)C1CCC(N2CCCS2(=O)=O)CC1. The van der Waals surface area contributed by atoms with E-state index in [-0.39, 0.29) is 23.6 Å². The maximum atomic E-state index is 12.6. The number of amides is 1. The number of hydrogen-bond donors (Lipinski definition) is 1. The summed E-state index contributed by atoms with van der Waals surface area (Å²) < 4.78 is 63.2. The van der Waals surface area contributed by atoms with E-state index in [0.29, 0.717) is 44.3 Å². The van der Waals surface area contributed by atoms with Crippen LogP contribution < -0.4 is 5.32 Å². The van der Waals surface area contributed by atoms with Crippen molar-refractivity contribution in [2.24, 2.45) is 5.92 Å². The Hall–Kier alpha value is -1.61. The standard InChI is InChI=1S/C17H21F3N2O3S/c18-17(19,20)13-4-6-14(7-5-13)21-16(23)12-2-8-15(9-3-12)22-10-1-11-26(22,24)25/h4-7,12,15H,1-3,8-11H2,(H,21,23). The molecule has 1 aromatic rings. The second-order valence-corrected chi connectivity index (χ2v) is 8.89. The third-order valence-electron chi connectivity index (χ3n) is 5.09. The number of sulfonamides is 1. The molecular formula is C17H21F3N2O3S. The van der Waals surface area contributed by atoms with Crippen LogP contribution in [-0.2, 0) is 21.0 Å². The molecule has 0 atom stereocenters. The fourth-order valence-electron chi connectivity index (χ4n) is 3.68. The molecule has 9 heteroatoms. The van der Waals surface area contributed by atoms with Crippen molar-refractivity contribution >= 4 is 21.6 Å². The molecule has 3 rings (SSSR count). The number of carbonyl (C=O) groups excluding carboxylic acids is 1. The zero-order chi connectivity index (χ0) is 18.9. The largest absolute Gasteiger partial charge is 0.416 e. The maximum absolute atomic E-state index is 12.6. The molecule has 0 aromatic heterocycles. The Labute approximate surface area is 150 Å². The predicted molar refractivity (Wildman–Crippen MR) is 90.9 cm³/mol. The normalized spacial score (nSPS) is 26.6. The first-order valence-corrected chi connectivity index (χ1v) is 10.3. The van der Waals surface area contributed by atoms with Gasteiger partial charge in [-0.05, 0) is 56.4 Å². The summed E-state index contributed by atoms with van der Waals surface area (Å²) in [7, 11) is -3.15. The van der Waals surface area contributed by atoms with Gasteiger partial charge in [0.15, 0.2) is 0 Å². The number of nitrogens with zero attached hydrogens (tertiary/aromatic N) is 1. The number of alkyl halides is 3. The highest BCUT2D eigenvalue weighted by Gasteiger charge is 2.37. The molecule has 1 saturated carbocycles. The lowest BCUT2D eigenvalue weighted by Gasteiger charge is -2.33. The summed E-state index contributed by atoms with van der Waals surface area (Å²) >= 11 is 0. The number of nitrogens with one attached hydrogen (secondary N) is 1. The molecule has 1 aliphatic heterocycles. The molecule has 0 spiro atoms. The van der Waals surface area contributed by atoms with Gasteiger partial charge in [-0.15, -0.1) is 0 Å². The van der Waals surface area contributed by atoms with Gasteiger partial charge in [-0.3, -0.25) is 4.79 Å². The van der Waals surface area contributed by atoms with Crippen LogP contribution in [0.15, 0.2) is 24.3 Å². The molecular weight excluding hydrogens is 369 g/mol. The smallest absolute Gasteiger partial charge is 0.326 e. The van der Waals surface area contributed by atoms with E-state index in [4.69, 9.17) is 0 Å². The molecule has 5 nitrogen and oxygen atoms in total. The fraction of sp³-hybridized carbons (Fsp3) is 0.588. The topological polar surface area (TPSA) is 66.5 Å². The number of carbonyl (C=O) groups is 1. The number of halogens is 3. The molecule has 26 heavy (non-hydrogen) atoms. The van der Waals surface area contributed by atoms with Gasteiger partial charge >= 0.3 is 6.18 Å². The Morgan fingerprint density at radius 2 is 1.69 bits per heavy atom. The van der Waals surface area contributed by atoms with Gasteiger partial charge in [0.1, 0.15) is 0 Å². The highest BCUT2D eigenvalue weighted by Crippen LogP contribution is 2.33. The molecule has 1 aromatic carbocycles. The number of rotatable bonds is 3.